The number of non-ortho nitro benzene ring substituents is 1. The minimum atomic E-state index is -0.608. The highest BCUT2D eigenvalue weighted by atomic mass is 32.2. The molecule has 1 atom stereocenters. The minimum Gasteiger partial charge on any atom is -0.494 e. The van der Waals surface area contributed by atoms with Crippen molar-refractivity contribution >= 4 is 45.8 Å². The first-order chi connectivity index (χ1) is 15.7. The monoisotopic (exact) mass is 470 g/mol. The molecule has 1 unspecified atom stereocenters. The molecule has 0 aliphatic carbocycles. The summed E-state index contributed by atoms with van der Waals surface area (Å²) in [5.74, 6) is -0.372. The van der Waals surface area contributed by atoms with E-state index in [0.29, 0.717) is 17.4 Å². The van der Waals surface area contributed by atoms with Crippen molar-refractivity contribution in [1.82, 2.24) is 4.90 Å². The number of aliphatic imine (C=N–C) groups is 1. The number of nitrogens with one attached hydrogen (secondary N) is 1. The lowest BCUT2D eigenvalue weighted by Crippen LogP contribution is -2.34. The number of para-hydroxylation sites is 1. The standard InChI is InChI=1S/C23H26N4O5S/c1-5-11-26-22(29)19(33-23(26)25-21-14(2)7-6-8-15(21)3)13-20(28)24-17-10-9-16(27(30)31)12-18(17)32-4/h6-10,12,19H,5,11,13H2,1-4H3,(H,24,28). The van der Waals surface area contributed by atoms with Gasteiger partial charge in [0.15, 0.2) is 5.17 Å². The summed E-state index contributed by atoms with van der Waals surface area (Å²) < 4.78 is 5.16. The molecule has 1 N–H and O–H groups in total. The van der Waals surface area contributed by atoms with E-state index < -0.39 is 16.1 Å². The van der Waals surface area contributed by atoms with Gasteiger partial charge in [0.1, 0.15) is 11.0 Å². The number of amides is 2. The second kappa shape index (κ2) is 10.5. The number of ether oxygens (including phenoxy) is 1. The van der Waals surface area contributed by atoms with Crippen molar-refractivity contribution in [2.45, 2.75) is 38.9 Å². The van der Waals surface area contributed by atoms with Gasteiger partial charge in [-0.1, -0.05) is 36.9 Å². The first-order valence-electron chi connectivity index (χ1n) is 10.5. The molecule has 0 spiro atoms. The van der Waals surface area contributed by atoms with Crippen LogP contribution < -0.4 is 10.1 Å². The zero-order valence-corrected chi connectivity index (χ0v) is 19.8. The summed E-state index contributed by atoms with van der Waals surface area (Å²) in [6.07, 6.45) is 0.701. The number of methoxy groups -OCH3 is 1. The molecule has 1 heterocycles. The minimum absolute atomic E-state index is 0.0599. The van der Waals surface area contributed by atoms with Gasteiger partial charge in [-0.2, -0.15) is 0 Å². The Morgan fingerprint density at radius 2 is 1.97 bits per heavy atom. The van der Waals surface area contributed by atoms with Crippen LogP contribution in [-0.4, -0.2) is 45.7 Å². The maximum Gasteiger partial charge on any atom is 0.273 e. The largest absolute Gasteiger partial charge is 0.494 e. The summed E-state index contributed by atoms with van der Waals surface area (Å²) in [7, 11) is 1.37. The molecule has 1 fully saturated rings. The number of rotatable bonds is 8. The van der Waals surface area contributed by atoms with Crippen molar-refractivity contribution in [3.63, 3.8) is 0 Å². The maximum absolute atomic E-state index is 13.0. The molecule has 9 nitrogen and oxygen atoms in total. The van der Waals surface area contributed by atoms with Crippen LogP contribution in [0.15, 0.2) is 41.4 Å². The lowest BCUT2D eigenvalue weighted by Gasteiger charge is -2.16. The first kappa shape index (κ1) is 24.2. The van der Waals surface area contributed by atoms with Crippen LogP contribution in [-0.2, 0) is 9.59 Å². The Morgan fingerprint density at radius 3 is 2.58 bits per heavy atom. The van der Waals surface area contributed by atoms with Crippen molar-refractivity contribution in [3.05, 3.63) is 57.6 Å². The number of carbonyl (C=O) groups excluding carboxylic acids is 2. The number of thioether (sulfide) groups is 1. The number of amidine groups is 1. The molecule has 0 aromatic heterocycles. The molecule has 0 radical (unpaired) electrons. The number of benzene rings is 2. The van der Waals surface area contributed by atoms with Gasteiger partial charge < -0.3 is 10.1 Å². The number of hydrogen-bond acceptors (Lipinski definition) is 7. The molecular formula is C23H26N4O5S. The van der Waals surface area contributed by atoms with E-state index in [1.165, 1.54) is 37.1 Å². The molecule has 10 heteroatoms. The van der Waals surface area contributed by atoms with Gasteiger partial charge in [0.2, 0.25) is 11.8 Å². The van der Waals surface area contributed by atoms with Crippen molar-refractivity contribution in [2.24, 2.45) is 4.99 Å². The van der Waals surface area contributed by atoms with Crippen molar-refractivity contribution in [1.29, 1.82) is 0 Å². The maximum atomic E-state index is 13.0. The van der Waals surface area contributed by atoms with Gasteiger partial charge in [-0.05, 0) is 37.5 Å². The fraction of sp³-hybridized carbons (Fsp3) is 0.348. The van der Waals surface area contributed by atoms with Crippen molar-refractivity contribution in [3.8, 4) is 5.75 Å². The molecule has 0 bridgehead atoms. The van der Waals surface area contributed by atoms with E-state index in [0.717, 1.165) is 23.2 Å². The summed E-state index contributed by atoms with van der Waals surface area (Å²) in [5.41, 5.74) is 3.01. The number of nitro benzene ring substituents is 1. The fourth-order valence-electron chi connectivity index (χ4n) is 3.50. The quantitative estimate of drug-likeness (QED) is 0.446. The van der Waals surface area contributed by atoms with Gasteiger partial charge in [0.25, 0.3) is 5.69 Å². The Bertz CT molecular complexity index is 1100. The highest BCUT2D eigenvalue weighted by Gasteiger charge is 2.39. The van der Waals surface area contributed by atoms with Crippen LogP contribution in [0.5, 0.6) is 5.75 Å². The van der Waals surface area contributed by atoms with E-state index in [1.54, 1.807) is 4.90 Å². The first-order valence-corrected chi connectivity index (χ1v) is 11.4. The lowest BCUT2D eigenvalue weighted by molar-refractivity contribution is -0.384. The van der Waals surface area contributed by atoms with Crippen LogP contribution in [0.4, 0.5) is 17.1 Å². The van der Waals surface area contributed by atoms with Crippen LogP contribution in [0.1, 0.15) is 30.9 Å². The van der Waals surface area contributed by atoms with Gasteiger partial charge in [0.05, 0.1) is 29.5 Å². The van der Waals surface area contributed by atoms with Crippen LogP contribution in [0, 0.1) is 24.0 Å². The van der Waals surface area contributed by atoms with Crippen LogP contribution in [0.3, 0.4) is 0 Å². The van der Waals surface area contributed by atoms with Crippen LogP contribution in [0.2, 0.25) is 0 Å². The van der Waals surface area contributed by atoms with Gasteiger partial charge in [-0.3, -0.25) is 24.6 Å². The predicted molar refractivity (Wildman–Crippen MR) is 129 cm³/mol. The third kappa shape index (κ3) is 5.51. The molecule has 1 saturated heterocycles. The molecular weight excluding hydrogens is 444 g/mol. The van der Waals surface area contributed by atoms with Gasteiger partial charge in [-0.15, -0.1) is 0 Å². The highest BCUT2D eigenvalue weighted by molar-refractivity contribution is 8.15. The second-order valence-corrected chi connectivity index (χ2v) is 8.80. The Balaban J connectivity index is 1.78. The van der Waals surface area contributed by atoms with Crippen molar-refractivity contribution < 1.29 is 19.2 Å². The van der Waals surface area contributed by atoms with E-state index in [2.05, 4.69) is 5.32 Å². The number of anilines is 1. The molecule has 0 saturated carbocycles. The summed E-state index contributed by atoms with van der Waals surface area (Å²) >= 11 is 1.28. The molecule has 1 aliphatic rings. The molecule has 1 aliphatic heterocycles. The topological polar surface area (TPSA) is 114 Å². The van der Waals surface area contributed by atoms with Gasteiger partial charge in [-0.25, -0.2) is 4.99 Å². The zero-order valence-electron chi connectivity index (χ0n) is 19.0. The fourth-order valence-corrected chi connectivity index (χ4v) is 4.67. The third-order valence-corrected chi connectivity index (χ3v) is 6.33. The summed E-state index contributed by atoms with van der Waals surface area (Å²) in [6, 6.07) is 9.84. The van der Waals surface area contributed by atoms with Crippen LogP contribution >= 0.6 is 11.8 Å². The normalized spacial score (nSPS) is 16.8. The molecule has 2 aromatic carbocycles. The molecule has 174 valence electrons. The Labute approximate surface area is 196 Å². The summed E-state index contributed by atoms with van der Waals surface area (Å²) in [5, 5.41) is 13.6. The Kier molecular flexibility index (Phi) is 7.70. The number of aryl methyl sites for hydroxylation is 2. The third-order valence-electron chi connectivity index (χ3n) is 5.16. The van der Waals surface area contributed by atoms with E-state index in [9.17, 15) is 19.7 Å². The zero-order chi connectivity index (χ0) is 24.1. The summed E-state index contributed by atoms with van der Waals surface area (Å²) in [4.78, 5) is 42.6. The number of hydrogen-bond donors (Lipinski definition) is 1. The van der Waals surface area contributed by atoms with E-state index >= 15 is 0 Å². The van der Waals surface area contributed by atoms with Gasteiger partial charge in [0, 0.05) is 19.0 Å². The smallest absolute Gasteiger partial charge is 0.273 e. The van der Waals surface area contributed by atoms with Gasteiger partial charge >= 0.3 is 0 Å². The second-order valence-electron chi connectivity index (χ2n) is 7.63. The summed E-state index contributed by atoms with van der Waals surface area (Å²) in [6.45, 7) is 6.44. The Morgan fingerprint density at radius 1 is 1.27 bits per heavy atom. The number of nitrogens with zero attached hydrogens (tertiary/aromatic N) is 3. The lowest BCUT2D eigenvalue weighted by atomic mass is 10.1. The molecule has 2 aromatic rings. The average molecular weight is 471 g/mol. The highest BCUT2D eigenvalue weighted by Crippen LogP contribution is 2.34. The Hall–Kier alpha value is -3.40. The van der Waals surface area contributed by atoms with E-state index in [1.807, 2.05) is 39.0 Å². The molecule has 33 heavy (non-hydrogen) atoms. The number of carbonyl (C=O) groups is 2. The SMILES string of the molecule is CCCN1C(=O)C(CC(=O)Nc2ccc([N+](=O)[O-])cc2OC)SC1=Nc1c(C)cccc1C. The van der Waals surface area contributed by atoms with Crippen molar-refractivity contribution in [2.75, 3.05) is 19.0 Å². The molecule has 3 rings (SSSR count). The predicted octanol–water partition coefficient (Wildman–Crippen LogP) is 4.59. The molecule has 2 amide bonds. The van der Waals surface area contributed by atoms with E-state index in [-0.39, 0.29) is 23.8 Å². The number of nitro groups is 1. The van der Waals surface area contributed by atoms with Crippen LogP contribution in [0.25, 0.3) is 0 Å². The average Bonchev–Trinajstić information content (AvgIpc) is 3.05. The van der Waals surface area contributed by atoms with E-state index in [4.69, 9.17) is 9.73 Å².